The van der Waals surface area contributed by atoms with E-state index in [0.717, 1.165) is 12.0 Å². The first kappa shape index (κ1) is 19.0. The molecule has 0 bridgehead atoms. The summed E-state index contributed by atoms with van der Waals surface area (Å²) < 4.78 is 4.97. The van der Waals surface area contributed by atoms with Gasteiger partial charge in [0.15, 0.2) is 11.6 Å². The van der Waals surface area contributed by atoms with Crippen molar-refractivity contribution in [2.24, 2.45) is 0 Å². The Balaban J connectivity index is 1.84. The van der Waals surface area contributed by atoms with E-state index in [-0.39, 0.29) is 23.0 Å². The molecule has 1 aliphatic rings. The maximum Gasteiger partial charge on any atom is 0.305 e. The van der Waals surface area contributed by atoms with Crippen LogP contribution in [0.3, 0.4) is 0 Å². The van der Waals surface area contributed by atoms with Crippen molar-refractivity contribution in [2.75, 3.05) is 6.61 Å². The van der Waals surface area contributed by atoms with Crippen LogP contribution in [0.1, 0.15) is 77.4 Å². The highest BCUT2D eigenvalue weighted by Gasteiger charge is 2.31. The Morgan fingerprint density at radius 2 is 1.52 bits per heavy atom. The molecule has 0 spiro atoms. The minimum atomic E-state index is -0.220. The lowest BCUT2D eigenvalue weighted by Gasteiger charge is -2.27. The largest absolute Gasteiger partial charge is 0.466 e. The smallest absolute Gasteiger partial charge is 0.305 e. The number of ether oxygens (including phenoxy) is 1. The molecule has 0 fully saturated rings. The van der Waals surface area contributed by atoms with Gasteiger partial charge in [0.25, 0.3) is 0 Å². The molecule has 0 aromatic heterocycles. The van der Waals surface area contributed by atoms with Gasteiger partial charge in [0, 0.05) is 28.7 Å². The Kier molecular flexibility index (Phi) is 5.26. The van der Waals surface area contributed by atoms with E-state index in [4.69, 9.17) is 4.74 Å². The topological polar surface area (TPSA) is 60.4 Å². The summed E-state index contributed by atoms with van der Waals surface area (Å²) in [6, 6.07) is 12.5. The van der Waals surface area contributed by atoms with Crippen LogP contribution in [0.25, 0.3) is 0 Å². The van der Waals surface area contributed by atoms with Gasteiger partial charge in [-0.05, 0) is 42.9 Å². The maximum absolute atomic E-state index is 12.9. The third-order valence-corrected chi connectivity index (χ3v) is 5.19. The molecule has 140 valence electrons. The minimum absolute atomic E-state index is 0.105. The predicted molar refractivity (Wildman–Crippen MR) is 103 cm³/mol. The average Bonchev–Trinajstić information content (AvgIpc) is 2.66. The van der Waals surface area contributed by atoms with E-state index in [2.05, 4.69) is 13.8 Å². The normalized spacial score (nSPS) is 13.1. The van der Waals surface area contributed by atoms with Gasteiger partial charge < -0.3 is 4.74 Å². The summed E-state index contributed by atoms with van der Waals surface area (Å²) in [6.45, 7) is 6.36. The second-order valence-corrected chi connectivity index (χ2v) is 7.51. The van der Waals surface area contributed by atoms with Gasteiger partial charge in [-0.25, -0.2) is 0 Å². The Morgan fingerprint density at radius 3 is 2.15 bits per heavy atom. The van der Waals surface area contributed by atoms with Crippen LogP contribution >= 0.6 is 0 Å². The van der Waals surface area contributed by atoms with Crippen LogP contribution in [0.15, 0.2) is 42.5 Å². The number of rotatable bonds is 6. The van der Waals surface area contributed by atoms with E-state index in [1.165, 1.54) is 0 Å². The van der Waals surface area contributed by atoms with Crippen LogP contribution in [0.4, 0.5) is 0 Å². The van der Waals surface area contributed by atoms with Crippen molar-refractivity contribution in [1.29, 1.82) is 0 Å². The number of carbonyl (C=O) groups excluding carboxylic acids is 3. The van der Waals surface area contributed by atoms with Crippen molar-refractivity contribution >= 4 is 17.5 Å². The second-order valence-electron chi connectivity index (χ2n) is 7.51. The monoisotopic (exact) mass is 364 g/mol. The zero-order valence-corrected chi connectivity index (χ0v) is 16.0. The minimum Gasteiger partial charge on any atom is -0.466 e. The molecule has 4 nitrogen and oxygen atoms in total. The quantitative estimate of drug-likeness (QED) is 0.605. The molecule has 0 heterocycles. The summed E-state index contributed by atoms with van der Waals surface area (Å²) >= 11 is 0. The van der Waals surface area contributed by atoms with Gasteiger partial charge in [0.05, 0.1) is 6.61 Å². The Hall–Kier alpha value is -2.75. The van der Waals surface area contributed by atoms with Gasteiger partial charge in [0.2, 0.25) is 0 Å². The Labute approximate surface area is 159 Å². The number of ketones is 2. The van der Waals surface area contributed by atoms with Gasteiger partial charge in [-0.1, -0.05) is 44.2 Å². The van der Waals surface area contributed by atoms with Crippen LogP contribution < -0.4 is 0 Å². The molecule has 0 atom stereocenters. The lowest BCUT2D eigenvalue weighted by Crippen LogP contribution is -2.23. The van der Waals surface area contributed by atoms with Gasteiger partial charge >= 0.3 is 5.97 Å². The van der Waals surface area contributed by atoms with Crippen molar-refractivity contribution in [2.45, 2.75) is 45.4 Å². The molecule has 0 N–H and O–H groups in total. The van der Waals surface area contributed by atoms with Gasteiger partial charge in [0.1, 0.15) is 0 Å². The first-order valence-corrected chi connectivity index (χ1v) is 9.33. The predicted octanol–water partition coefficient (Wildman–Crippen LogP) is 4.47. The molecule has 0 unspecified atom stereocenters. The fourth-order valence-corrected chi connectivity index (χ4v) is 3.57. The molecule has 3 rings (SSSR count). The average molecular weight is 364 g/mol. The van der Waals surface area contributed by atoms with Crippen molar-refractivity contribution < 1.29 is 19.1 Å². The highest BCUT2D eigenvalue weighted by molar-refractivity contribution is 6.28. The number of fused-ring (bicyclic) bond motifs is 2. The molecule has 27 heavy (non-hydrogen) atoms. The first-order valence-electron chi connectivity index (χ1n) is 9.33. The zero-order valence-electron chi connectivity index (χ0n) is 16.0. The van der Waals surface area contributed by atoms with Crippen LogP contribution in [-0.2, 0) is 14.9 Å². The summed E-state index contributed by atoms with van der Waals surface area (Å²) in [4.78, 5) is 37.2. The molecule has 0 saturated carbocycles. The summed E-state index contributed by atoms with van der Waals surface area (Å²) in [7, 11) is 0. The number of hydrogen-bond acceptors (Lipinski definition) is 4. The number of hydrogen-bond donors (Lipinski definition) is 0. The summed E-state index contributed by atoms with van der Waals surface area (Å²) in [5.74, 6) is -0.396. The molecule has 2 aromatic carbocycles. The molecule has 4 heteroatoms. The van der Waals surface area contributed by atoms with Crippen LogP contribution in [0.2, 0.25) is 0 Å². The lowest BCUT2D eigenvalue weighted by molar-refractivity contribution is -0.143. The van der Waals surface area contributed by atoms with E-state index >= 15 is 0 Å². The Morgan fingerprint density at radius 1 is 0.926 bits per heavy atom. The maximum atomic E-state index is 12.9. The Bertz CT molecular complexity index is 908. The molecular formula is C23H24O4. The van der Waals surface area contributed by atoms with Crippen molar-refractivity contribution in [3.63, 3.8) is 0 Å². The van der Waals surface area contributed by atoms with E-state index in [9.17, 15) is 14.4 Å². The van der Waals surface area contributed by atoms with Gasteiger partial charge in [-0.3, -0.25) is 14.4 Å². The molecule has 0 saturated heterocycles. The standard InChI is InChI=1S/C23H24O4/c1-4-27-20(24)10-7-13-23(2,3)15-11-12-18-19(14-15)22(26)17-9-6-5-8-16(17)21(18)25/h5-6,8-9,11-12,14H,4,7,10,13H2,1-3H3. The summed E-state index contributed by atoms with van der Waals surface area (Å²) in [5.41, 5.74) is 2.63. The van der Waals surface area contributed by atoms with Crippen molar-refractivity contribution in [3.05, 3.63) is 70.3 Å². The molecule has 1 aliphatic carbocycles. The lowest BCUT2D eigenvalue weighted by atomic mass is 9.76. The first-order chi connectivity index (χ1) is 12.8. The third kappa shape index (κ3) is 3.70. The number of esters is 1. The van der Waals surface area contributed by atoms with Crippen molar-refractivity contribution in [1.82, 2.24) is 0 Å². The molecule has 0 aliphatic heterocycles. The summed E-state index contributed by atoms with van der Waals surface area (Å²) in [5, 5.41) is 0. The van der Waals surface area contributed by atoms with Crippen LogP contribution in [0.5, 0.6) is 0 Å². The van der Waals surface area contributed by atoms with Crippen LogP contribution in [0, 0.1) is 0 Å². The van der Waals surface area contributed by atoms with Crippen LogP contribution in [-0.4, -0.2) is 24.1 Å². The van der Waals surface area contributed by atoms with E-state index in [1.54, 1.807) is 37.3 Å². The van der Waals surface area contributed by atoms with Gasteiger partial charge in [-0.2, -0.15) is 0 Å². The summed E-state index contributed by atoms with van der Waals surface area (Å²) in [6.07, 6.45) is 1.87. The fourth-order valence-electron chi connectivity index (χ4n) is 3.57. The number of benzene rings is 2. The highest BCUT2D eigenvalue weighted by atomic mass is 16.5. The zero-order chi connectivity index (χ0) is 19.6. The van der Waals surface area contributed by atoms with Gasteiger partial charge in [-0.15, -0.1) is 0 Å². The highest BCUT2D eigenvalue weighted by Crippen LogP contribution is 2.34. The third-order valence-electron chi connectivity index (χ3n) is 5.19. The van der Waals surface area contributed by atoms with E-state index in [0.29, 0.717) is 41.7 Å². The SMILES string of the molecule is CCOC(=O)CCCC(C)(C)c1ccc2c(c1)C(=O)c1ccccc1C2=O. The second kappa shape index (κ2) is 7.47. The molecule has 0 radical (unpaired) electrons. The molecule has 0 amide bonds. The fraction of sp³-hybridized carbons (Fsp3) is 0.348. The van der Waals surface area contributed by atoms with Crippen molar-refractivity contribution in [3.8, 4) is 0 Å². The van der Waals surface area contributed by atoms with E-state index in [1.807, 2.05) is 12.1 Å². The molecule has 2 aromatic rings. The number of carbonyl (C=O) groups is 3. The molecular weight excluding hydrogens is 340 g/mol. The van der Waals surface area contributed by atoms with E-state index < -0.39 is 0 Å².